The van der Waals surface area contributed by atoms with Crippen LogP contribution in [0.4, 0.5) is 0 Å². The Kier molecular flexibility index (Phi) is 7.74. The second kappa shape index (κ2) is 9.86. The minimum Gasteiger partial charge on any atom is -0.465 e. The zero-order chi connectivity index (χ0) is 22.4. The Balaban J connectivity index is 1.94. The Bertz CT molecular complexity index is 1100. The van der Waals surface area contributed by atoms with Crippen LogP contribution in [0.2, 0.25) is 0 Å². The number of nitrogens with one attached hydrogen (secondary N) is 1. The molecule has 0 saturated carbocycles. The fraction of sp³-hybridized carbons (Fsp3) is 0.450. The van der Waals surface area contributed by atoms with Crippen LogP contribution in [0.1, 0.15) is 37.0 Å². The first-order valence-electron chi connectivity index (χ1n) is 9.33. The number of H-pyrrole nitrogens is 1. The Morgan fingerprint density at radius 3 is 2.53 bits per heavy atom. The molecule has 30 heavy (non-hydrogen) atoms. The lowest BCUT2D eigenvalue weighted by atomic mass is 9.90. The van der Waals surface area contributed by atoms with Gasteiger partial charge < -0.3 is 9.47 Å². The molecule has 0 unspecified atom stereocenters. The maximum atomic E-state index is 12.9. The molecule has 0 fully saturated rings. The van der Waals surface area contributed by atoms with E-state index in [-0.39, 0.29) is 22.9 Å². The second-order valence-corrected chi connectivity index (χ2v) is 9.59. The third-order valence-electron chi connectivity index (χ3n) is 4.48. The molecule has 10 heteroatoms. The van der Waals surface area contributed by atoms with Crippen molar-refractivity contribution in [2.75, 3.05) is 19.5 Å². The number of nitrogens with zero attached hydrogens (tertiary/aromatic N) is 1. The summed E-state index contributed by atoms with van der Waals surface area (Å²) in [6, 6.07) is 7.21. The molecule has 0 saturated heterocycles. The lowest BCUT2D eigenvalue weighted by molar-refractivity contribution is 0.0596. The monoisotopic (exact) mass is 438 g/mol. The standard InChI is InChI=1S/C20H26N2O7S/c1-20(2,10-6-12-29-14-22-11-9-17(23)21-19(22)25)13-30(26,27)16-8-5-4-7-15(16)18(24)28-3/h4-5,7-9,11H,6,10,12-14H2,1-3H3,(H,21,23,25). The molecule has 164 valence electrons. The molecule has 1 N–H and O–H groups in total. The zero-order valence-electron chi connectivity index (χ0n) is 17.2. The van der Waals surface area contributed by atoms with Crippen molar-refractivity contribution in [2.24, 2.45) is 5.41 Å². The van der Waals surface area contributed by atoms with Crippen LogP contribution < -0.4 is 11.2 Å². The molecule has 1 aromatic heterocycles. The van der Waals surface area contributed by atoms with Crippen LogP contribution in [0.5, 0.6) is 0 Å². The van der Waals surface area contributed by atoms with Gasteiger partial charge in [-0.15, -0.1) is 0 Å². The highest BCUT2D eigenvalue weighted by Gasteiger charge is 2.30. The number of hydrogen-bond donors (Lipinski definition) is 1. The van der Waals surface area contributed by atoms with Crippen LogP contribution in [-0.4, -0.2) is 43.4 Å². The van der Waals surface area contributed by atoms with E-state index in [4.69, 9.17) is 4.74 Å². The van der Waals surface area contributed by atoms with Crippen molar-refractivity contribution in [3.8, 4) is 0 Å². The third-order valence-corrected chi connectivity index (χ3v) is 6.67. The molecular weight excluding hydrogens is 412 g/mol. The summed E-state index contributed by atoms with van der Waals surface area (Å²) >= 11 is 0. The summed E-state index contributed by atoms with van der Waals surface area (Å²) in [5.41, 5.74) is -1.59. The van der Waals surface area contributed by atoms with Gasteiger partial charge in [0.15, 0.2) is 9.84 Å². The molecule has 1 aromatic carbocycles. The van der Waals surface area contributed by atoms with Gasteiger partial charge in [0, 0.05) is 18.9 Å². The number of hydrogen-bond acceptors (Lipinski definition) is 7. The van der Waals surface area contributed by atoms with E-state index < -0.39 is 32.5 Å². The number of aromatic nitrogens is 2. The number of methoxy groups -OCH3 is 1. The van der Waals surface area contributed by atoms with E-state index in [1.807, 2.05) is 13.8 Å². The number of carbonyl (C=O) groups is 1. The van der Waals surface area contributed by atoms with Gasteiger partial charge in [-0.25, -0.2) is 18.0 Å². The van der Waals surface area contributed by atoms with E-state index in [2.05, 4.69) is 9.72 Å². The molecule has 2 rings (SSSR count). The van der Waals surface area contributed by atoms with Crippen LogP contribution >= 0.6 is 0 Å². The van der Waals surface area contributed by atoms with E-state index in [0.29, 0.717) is 19.4 Å². The lowest BCUT2D eigenvalue weighted by Crippen LogP contribution is -2.29. The molecule has 2 aromatic rings. The summed E-state index contributed by atoms with van der Waals surface area (Å²) in [6.45, 7) is 3.96. The summed E-state index contributed by atoms with van der Waals surface area (Å²) < 4.78 is 37.2. The zero-order valence-corrected chi connectivity index (χ0v) is 18.0. The number of esters is 1. The fourth-order valence-electron chi connectivity index (χ4n) is 3.04. The Hall–Kier alpha value is -2.72. The fourth-order valence-corrected chi connectivity index (χ4v) is 5.14. The van der Waals surface area contributed by atoms with E-state index in [0.717, 1.165) is 0 Å². The molecule has 0 atom stereocenters. The minimum absolute atomic E-state index is 0.0131. The van der Waals surface area contributed by atoms with E-state index in [9.17, 15) is 22.8 Å². The van der Waals surface area contributed by atoms with Gasteiger partial charge in [0.2, 0.25) is 0 Å². The molecule has 0 amide bonds. The first-order valence-corrected chi connectivity index (χ1v) is 11.0. The molecule has 9 nitrogen and oxygen atoms in total. The van der Waals surface area contributed by atoms with Gasteiger partial charge in [-0.1, -0.05) is 26.0 Å². The number of ether oxygens (including phenoxy) is 2. The molecule has 0 spiro atoms. The summed E-state index contributed by atoms with van der Waals surface area (Å²) in [5, 5.41) is 0. The van der Waals surface area contributed by atoms with Crippen molar-refractivity contribution in [1.29, 1.82) is 0 Å². The van der Waals surface area contributed by atoms with Crippen molar-refractivity contribution in [3.63, 3.8) is 0 Å². The summed E-state index contributed by atoms with van der Waals surface area (Å²) in [4.78, 5) is 36.6. The quantitative estimate of drug-likeness (QED) is 0.441. The average Bonchev–Trinajstić information content (AvgIpc) is 2.67. The number of rotatable bonds is 10. The highest BCUT2D eigenvalue weighted by Crippen LogP contribution is 2.29. The van der Waals surface area contributed by atoms with E-state index in [1.165, 1.54) is 36.1 Å². The van der Waals surface area contributed by atoms with Gasteiger partial charge >= 0.3 is 11.7 Å². The number of aromatic amines is 1. The van der Waals surface area contributed by atoms with Crippen LogP contribution in [0, 0.1) is 5.41 Å². The molecular formula is C20H26N2O7S. The van der Waals surface area contributed by atoms with Gasteiger partial charge in [-0.2, -0.15) is 0 Å². The first-order chi connectivity index (χ1) is 14.1. The highest BCUT2D eigenvalue weighted by atomic mass is 32.2. The van der Waals surface area contributed by atoms with E-state index in [1.54, 1.807) is 12.1 Å². The molecule has 1 heterocycles. The predicted molar refractivity (Wildman–Crippen MR) is 110 cm³/mol. The van der Waals surface area contributed by atoms with Crippen LogP contribution in [-0.2, 0) is 26.0 Å². The second-order valence-electron chi connectivity index (χ2n) is 7.63. The molecule has 0 bridgehead atoms. The number of sulfone groups is 1. The van der Waals surface area contributed by atoms with Gasteiger partial charge in [-0.3, -0.25) is 14.3 Å². The van der Waals surface area contributed by atoms with Crippen LogP contribution in [0.3, 0.4) is 0 Å². The molecule has 0 aliphatic rings. The lowest BCUT2D eigenvalue weighted by Gasteiger charge is -2.24. The van der Waals surface area contributed by atoms with E-state index >= 15 is 0 Å². The summed E-state index contributed by atoms with van der Waals surface area (Å²) in [7, 11) is -2.51. The van der Waals surface area contributed by atoms with Crippen molar-refractivity contribution < 1.29 is 22.7 Å². The molecule has 0 aliphatic carbocycles. The maximum Gasteiger partial charge on any atom is 0.339 e. The SMILES string of the molecule is COC(=O)c1ccccc1S(=O)(=O)CC(C)(C)CCCOCn1ccc(=O)[nH]c1=O. The Morgan fingerprint density at radius 1 is 1.17 bits per heavy atom. The van der Waals surface area contributed by atoms with Crippen molar-refractivity contribution in [1.82, 2.24) is 9.55 Å². The predicted octanol–water partition coefficient (Wildman–Crippen LogP) is 1.58. The Labute approximate surface area is 174 Å². The number of carbonyl (C=O) groups excluding carboxylic acids is 1. The van der Waals surface area contributed by atoms with Crippen LogP contribution in [0.15, 0.2) is 51.0 Å². The summed E-state index contributed by atoms with van der Waals surface area (Å²) in [6.07, 6.45) is 2.46. The topological polar surface area (TPSA) is 125 Å². The number of benzene rings is 1. The average molecular weight is 439 g/mol. The Morgan fingerprint density at radius 2 is 1.87 bits per heavy atom. The van der Waals surface area contributed by atoms with Gasteiger partial charge in [-0.05, 0) is 30.4 Å². The van der Waals surface area contributed by atoms with Crippen molar-refractivity contribution in [2.45, 2.75) is 38.3 Å². The molecule has 0 aliphatic heterocycles. The minimum atomic E-state index is -3.72. The molecule has 0 radical (unpaired) electrons. The normalized spacial score (nSPS) is 12.0. The first kappa shape index (κ1) is 23.6. The van der Waals surface area contributed by atoms with Gasteiger partial charge in [0.1, 0.15) is 6.73 Å². The maximum absolute atomic E-state index is 12.9. The van der Waals surface area contributed by atoms with Gasteiger partial charge in [0.25, 0.3) is 5.56 Å². The smallest absolute Gasteiger partial charge is 0.339 e. The van der Waals surface area contributed by atoms with Gasteiger partial charge in [0.05, 0.1) is 23.3 Å². The highest BCUT2D eigenvalue weighted by molar-refractivity contribution is 7.91. The third kappa shape index (κ3) is 6.39. The van der Waals surface area contributed by atoms with Crippen molar-refractivity contribution in [3.05, 3.63) is 62.9 Å². The largest absolute Gasteiger partial charge is 0.465 e. The van der Waals surface area contributed by atoms with Crippen molar-refractivity contribution >= 4 is 15.8 Å². The summed E-state index contributed by atoms with van der Waals surface area (Å²) in [5.74, 6) is -0.842. The van der Waals surface area contributed by atoms with Crippen LogP contribution in [0.25, 0.3) is 0 Å².